The van der Waals surface area contributed by atoms with Crippen LogP contribution >= 0.6 is 11.3 Å². The molecule has 1 aromatic heterocycles. The van der Waals surface area contributed by atoms with E-state index in [9.17, 15) is 14.9 Å². The van der Waals surface area contributed by atoms with Gasteiger partial charge in [-0.2, -0.15) is 0 Å². The average Bonchev–Trinajstić information content (AvgIpc) is 3.09. The van der Waals surface area contributed by atoms with Gasteiger partial charge in [0.2, 0.25) is 5.91 Å². The lowest BCUT2D eigenvalue weighted by Gasteiger charge is -2.35. The Kier molecular flexibility index (Phi) is 4.11. The summed E-state index contributed by atoms with van der Waals surface area (Å²) >= 11 is 1.58. The number of hydrogen-bond donors (Lipinski definition) is 1. The minimum Gasteiger partial charge on any atom is -0.366 e. The van der Waals surface area contributed by atoms with Crippen LogP contribution in [0, 0.1) is 10.1 Å². The topological polar surface area (TPSA) is 106 Å². The van der Waals surface area contributed by atoms with Crippen LogP contribution in [0.2, 0.25) is 0 Å². The monoisotopic (exact) mass is 333 g/mol. The third-order valence-electron chi connectivity index (χ3n) is 3.77. The fraction of sp³-hybridized carbons (Fsp3) is 0.286. The molecule has 23 heavy (non-hydrogen) atoms. The normalized spacial score (nSPS) is 14.8. The number of rotatable bonds is 4. The molecule has 1 amide bonds. The average molecular weight is 333 g/mol. The SMILES string of the molecule is NC(=O)c1ccc(N2CCN(c3nccs3)CC2)c([N+](=O)[O-])c1. The van der Waals surface area contributed by atoms with E-state index < -0.39 is 10.8 Å². The molecule has 8 nitrogen and oxygen atoms in total. The highest BCUT2D eigenvalue weighted by molar-refractivity contribution is 7.13. The highest BCUT2D eigenvalue weighted by Gasteiger charge is 2.25. The van der Waals surface area contributed by atoms with Gasteiger partial charge < -0.3 is 15.5 Å². The first kappa shape index (κ1) is 15.2. The summed E-state index contributed by atoms with van der Waals surface area (Å²) in [4.78, 5) is 30.4. The van der Waals surface area contributed by atoms with Crippen molar-refractivity contribution in [2.45, 2.75) is 0 Å². The molecule has 0 aliphatic carbocycles. The maximum Gasteiger partial charge on any atom is 0.293 e. The van der Waals surface area contributed by atoms with Gasteiger partial charge in [-0.15, -0.1) is 11.3 Å². The van der Waals surface area contributed by atoms with Crippen molar-refractivity contribution in [3.05, 3.63) is 45.5 Å². The molecule has 2 aromatic rings. The Labute approximate surface area is 136 Å². The summed E-state index contributed by atoms with van der Waals surface area (Å²) in [5, 5.41) is 14.2. The minimum atomic E-state index is -0.673. The second kappa shape index (κ2) is 6.21. The number of thiazole rings is 1. The third-order valence-corrected chi connectivity index (χ3v) is 4.60. The number of benzene rings is 1. The molecule has 1 aliphatic rings. The Bertz CT molecular complexity index is 726. The van der Waals surface area contributed by atoms with Crippen LogP contribution in [-0.2, 0) is 0 Å². The van der Waals surface area contributed by atoms with Crippen LogP contribution in [0.1, 0.15) is 10.4 Å². The van der Waals surface area contributed by atoms with Gasteiger partial charge in [0.25, 0.3) is 5.69 Å². The van der Waals surface area contributed by atoms with Gasteiger partial charge in [0.15, 0.2) is 5.13 Å². The molecule has 120 valence electrons. The number of nitrogens with zero attached hydrogens (tertiary/aromatic N) is 4. The number of aromatic nitrogens is 1. The number of amides is 1. The van der Waals surface area contributed by atoms with Gasteiger partial charge in [0.1, 0.15) is 5.69 Å². The number of nitro benzene ring substituents is 1. The molecular weight excluding hydrogens is 318 g/mol. The molecular formula is C14H15N5O3S. The van der Waals surface area contributed by atoms with Gasteiger partial charge in [-0.3, -0.25) is 14.9 Å². The number of carbonyl (C=O) groups excluding carboxylic acids is 1. The van der Waals surface area contributed by atoms with E-state index in [0.29, 0.717) is 18.8 Å². The summed E-state index contributed by atoms with van der Waals surface area (Å²) in [6.45, 7) is 2.77. The van der Waals surface area contributed by atoms with E-state index in [-0.39, 0.29) is 11.3 Å². The number of primary amides is 1. The number of nitrogens with two attached hydrogens (primary N) is 1. The van der Waals surface area contributed by atoms with E-state index >= 15 is 0 Å². The lowest BCUT2D eigenvalue weighted by Crippen LogP contribution is -2.46. The molecule has 0 unspecified atom stereocenters. The van der Waals surface area contributed by atoms with Crippen molar-refractivity contribution < 1.29 is 9.72 Å². The summed E-state index contributed by atoms with van der Waals surface area (Å²) in [7, 11) is 0. The highest BCUT2D eigenvalue weighted by atomic mass is 32.1. The predicted octanol–water partition coefficient (Wildman–Crippen LogP) is 1.48. The third kappa shape index (κ3) is 3.09. The first-order valence-electron chi connectivity index (χ1n) is 7.04. The Balaban J connectivity index is 1.80. The molecule has 0 atom stereocenters. The summed E-state index contributed by atoms with van der Waals surface area (Å²) in [5.41, 5.74) is 5.76. The number of carbonyl (C=O) groups is 1. The van der Waals surface area contributed by atoms with Crippen molar-refractivity contribution >= 4 is 33.8 Å². The first-order valence-corrected chi connectivity index (χ1v) is 7.92. The number of nitro groups is 1. The van der Waals surface area contributed by atoms with Crippen LogP contribution in [0.4, 0.5) is 16.5 Å². The van der Waals surface area contributed by atoms with Crippen LogP contribution in [0.5, 0.6) is 0 Å². The van der Waals surface area contributed by atoms with E-state index in [1.165, 1.54) is 12.1 Å². The quantitative estimate of drug-likeness (QED) is 0.671. The molecule has 3 rings (SSSR count). The molecule has 1 aromatic carbocycles. The summed E-state index contributed by atoms with van der Waals surface area (Å²) in [5.74, 6) is -0.673. The van der Waals surface area contributed by atoms with Gasteiger partial charge >= 0.3 is 0 Å². The minimum absolute atomic E-state index is 0.0935. The van der Waals surface area contributed by atoms with Crippen molar-refractivity contribution in [2.24, 2.45) is 5.73 Å². The van der Waals surface area contributed by atoms with Crippen LogP contribution in [0.15, 0.2) is 29.8 Å². The van der Waals surface area contributed by atoms with Crippen molar-refractivity contribution in [1.82, 2.24) is 4.98 Å². The molecule has 2 N–H and O–H groups in total. The molecule has 1 saturated heterocycles. The summed E-state index contributed by atoms with van der Waals surface area (Å²) in [6, 6.07) is 4.36. The molecule has 9 heteroatoms. The summed E-state index contributed by atoms with van der Waals surface area (Å²) in [6.07, 6.45) is 1.76. The van der Waals surface area contributed by atoms with Gasteiger partial charge in [-0.05, 0) is 12.1 Å². The Morgan fingerprint density at radius 3 is 2.52 bits per heavy atom. The molecule has 1 aliphatic heterocycles. The molecule has 0 spiro atoms. The van der Waals surface area contributed by atoms with Crippen molar-refractivity contribution in [3.63, 3.8) is 0 Å². The number of piperazine rings is 1. The van der Waals surface area contributed by atoms with Crippen molar-refractivity contribution in [3.8, 4) is 0 Å². The molecule has 0 radical (unpaired) electrons. The Morgan fingerprint density at radius 2 is 1.96 bits per heavy atom. The fourth-order valence-electron chi connectivity index (χ4n) is 2.60. The van der Waals surface area contributed by atoms with Gasteiger partial charge in [0.05, 0.1) is 4.92 Å². The second-order valence-electron chi connectivity index (χ2n) is 5.11. The number of anilines is 2. The van der Waals surface area contributed by atoms with Crippen molar-refractivity contribution in [2.75, 3.05) is 36.0 Å². The van der Waals surface area contributed by atoms with E-state index in [1.807, 2.05) is 10.3 Å². The van der Waals surface area contributed by atoms with Crippen LogP contribution in [0.25, 0.3) is 0 Å². The van der Waals surface area contributed by atoms with E-state index in [2.05, 4.69) is 9.88 Å². The van der Waals surface area contributed by atoms with Crippen molar-refractivity contribution in [1.29, 1.82) is 0 Å². The van der Waals surface area contributed by atoms with E-state index in [4.69, 9.17) is 5.73 Å². The molecule has 2 heterocycles. The second-order valence-corrected chi connectivity index (χ2v) is 5.99. The van der Waals surface area contributed by atoms with Gasteiger partial charge in [-0.25, -0.2) is 4.98 Å². The maximum absolute atomic E-state index is 11.3. The smallest absolute Gasteiger partial charge is 0.293 e. The van der Waals surface area contributed by atoms with Gasteiger partial charge in [0, 0.05) is 49.4 Å². The molecule has 1 fully saturated rings. The lowest BCUT2D eigenvalue weighted by atomic mass is 10.1. The molecule has 0 bridgehead atoms. The van der Waals surface area contributed by atoms with E-state index in [0.717, 1.165) is 18.2 Å². The standard InChI is InChI=1S/C14H15N5O3S/c15-13(20)10-1-2-11(12(9-10)19(21)22)17-4-6-18(7-5-17)14-16-3-8-23-14/h1-3,8-9H,4-7H2,(H2,15,20). The number of hydrogen-bond acceptors (Lipinski definition) is 7. The summed E-state index contributed by atoms with van der Waals surface area (Å²) < 4.78 is 0. The largest absolute Gasteiger partial charge is 0.366 e. The van der Waals surface area contributed by atoms with Crippen LogP contribution in [0.3, 0.4) is 0 Å². The zero-order valence-corrected chi connectivity index (χ0v) is 13.0. The molecule has 0 saturated carbocycles. The lowest BCUT2D eigenvalue weighted by molar-refractivity contribution is -0.384. The Morgan fingerprint density at radius 1 is 1.26 bits per heavy atom. The van der Waals surface area contributed by atoms with Crippen LogP contribution < -0.4 is 15.5 Å². The zero-order valence-electron chi connectivity index (χ0n) is 12.2. The van der Waals surface area contributed by atoms with E-state index in [1.54, 1.807) is 23.6 Å². The zero-order chi connectivity index (χ0) is 16.4. The fourth-order valence-corrected chi connectivity index (χ4v) is 3.30. The first-order chi connectivity index (χ1) is 11.1. The van der Waals surface area contributed by atoms with Crippen LogP contribution in [-0.4, -0.2) is 42.0 Å². The predicted molar refractivity (Wildman–Crippen MR) is 88.2 cm³/mol. The Hall–Kier alpha value is -2.68. The highest BCUT2D eigenvalue weighted by Crippen LogP contribution is 2.30. The maximum atomic E-state index is 11.3. The van der Waals surface area contributed by atoms with Gasteiger partial charge in [-0.1, -0.05) is 0 Å².